The van der Waals surface area contributed by atoms with Gasteiger partial charge in [-0.1, -0.05) is 19.1 Å². The lowest BCUT2D eigenvalue weighted by atomic mass is 9.91. The van der Waals surface area contributed by atoms with E-state index >= 15 is 0 Å². The van der Waals surface area contributed by atoms with E-state index in [1.807, 2.05) is 48.9 Å². The van der Waals surface area contributed by atoms with Gasteiger partial charge >= 0.3 is 12.0 Å². The van der Waals surface area contributed by atoms with Crippen LogP contribution < -0.4 is 5.32 Å². The number of imidazole rings is 1. The predicted octanol–water partition coefficient (Wildman–Crippen LogP) is 2.69. The normalized spacial score (nSPS) is 21.2. The highest BCUT2D eigenvalue weighted by atomic mass is 16.4. The number of carboxylic acid groups (broad SMARTS) is 1. The van der Waals surface area contributed by atoms with Crippen molar-refractivity contribution in [1.82, 2.24) is 19.8 Å². The molecular formula is C19H24N4O3. The Morgan fingerprint density at radius 3 is 2.85 bits per heavy atom. The first-order chi connectivity index (χ1) is 12.4. The molecule has 26 heavy (non-hydrogen) atoms. The topological polar surface area (TPSA) is 87.5 Å². The van der Waals surface area contributed by atoms with Gasteiger partial charge < -0.3 is 19.9 Å². The number of piperidine rings is 1. The number of nitrogens with zero attached hydrogens (tertiary/aromatic N) is 3. The number of carbonyl (C=O) groups excluding carboxylic acids is 1. The summed E-state index contributed by atoms with van der Waals surface area (Å²) in [7, 11) is 0. The van der Waals surface area contributed by atoms with Crippen molar-refractivity contribution in [2.24, 2.45) is 11.8 Å². The quantitative estimate of drug-likeness (QED) is 0.882. The van der Waals surface area contributed by atoms with Gasteiger partial charge in [-0.05, 0) is 37.0 Å². The fourth-order valence-corrected chi connectivity index (χ4v) is 3.42. The maximum absolute atomic E-state index is 12.6. The molecule has 0 radical (unpaired) electrons. The van der Waals surface area contributed by atoms with Crippen molar-refractivity contribution in [3.8, 4) is 5.69 Å². The van der Waals surface area contributed by atoms with E-state index in [1.165, 1.54) is 0 Å². The van der Waals surface area contributed by atoms with Crippen LogP contribution in [0, 0.1) is 11.8 Å². The highest BCUT2D eigenvalue weighted by molar-refractivity contribution is 5.77. The average Bonchev–Trinajstić information content (AvgIpc) is 3.16. The number of carboxylic acids is 1. The van der Waals surface area contributed by atoms with Crippen molar-refractivity contribution < 1.29 is 14.7 Å². The van der Waals surface area contributed by atoms with Crippen LogP contribution in [0.4, 0.5) is 4.79 Å². The Hall–Kier alpha value is -2.83. The van der Waals surface area contributed by atoms with Crippen LogP contribution in [0.25, 0.3) is 5.69 Å². The number of amides is 2. The summed E-state index contributed by atoms with van der Waals surface area (Å²) in [5.74, 6) is -1.16. The summed E-state index contributed by atoms with van der Waals surface area (Å²) in [6.45, 7) is 4.74. The number of nitrogens with one attached hydrogen (secondary N) is 1. The highest BCUT2D eigenvalue weighted by Gasteiger charge is 2.32. The Balaban J connectivity index is 1.67. The smallest absolute Gasteiger partial charge is 0.317 e. The number of benzene rings is 1. The summed E-state index contributed by atoms with van der Waals surface area (Å²) in [6.07, 6.45) is 5.92. The molecule has 2 amide bonds. The van der Waals surface area contributed by atoms with Gasteiger partial charge in [0.05, 0.1) is 18.3 Å². The van der Waals surface area contributed by atoms with Gasteiger partial charge in [-0.25, -0.2) is 9.78 Å². The van der Waals surface area contributed by atoms with Crippen molar-refractivity contribution in [1.29, 1.82) is 0 Å². The molecule has 0 bridgehead atoms. The predicted molar refractivity (Wildman–Crippen MR) is 97.0 cm³/mol. The van der Waals surface area contributed by atoms with Crippen LogP contribution in [0.2, 0.25) is 0 Å². The first kappa shape index (κ1) is 18.0. The van der Waals surface area contributed by atoms with E-state index < -0.39 is 11.9 Å². The Morgan fingerprint density at radius 2 is 2.15 bits per heavy atom. The zero-order chi connectivity index (χ0) is 18.7. The van der Waals surface area contributed by atoms with Gasteiger partial charge in [0.15, 0.2) is 0 Å². The van der Waals surface area contributed by atoms with E-state index in [-0.39, 0.29) is 24.5 Å². The molecule has 3 rings (SSSR count). The standard InChI is InChI=1S/C19H24N4O3/c1-13-8-16(18(24)25)11-23(10-13)19(26)21-14(2)15-4-3-5-17(9-15)22-7-6-20-12-22/h3-7,9,12-14,16H,8,10-11H2,1-2H3,(H,21,26)(H,24,25). The fraction of sp³-hybridized carbons (Fsp3) is 0.421. The summed E-state index contributed by atoms with van der Waals surface area (Å²) >= 11 is 0. The van der Waals surface area contributed by atoms with Crippen molar-refractivity contribution in [3.63, 3.8) is 0 Å². The second-order valence-electron chi connectivity index (χ2n) is 7.02. The monoisotopic (exact) mass is 356 g/mol. The number of aromatic nitrogens is 2. The molecule has 0 aliphatic carbocycles. The maximum atomic E-state index is 12.6. The molecular weight excluding hydrogens is 332 g/mol. The average molecular weight is 356 g/mol. The number of hydrogen-bond acceptors (Lipinski definition) is 3. The Kier molecular flexibility index (Phi) is 5.25. The molecule has 0 saturated carbocycles. The molecule has 0 spiro atoms. The zero-order valence-corrected chi connectivity index (χ0v) is 15.0. The Labute approximate surface area is 152 Å². The van der Waals surface area contributed by atoms with Crippen LogP contribution in [0.3, 0.4) is 0 Å². The molecule has 3 unspecified atom stereocenters. The van der Waals surface area contributed by atoms with E-state index in [0.29, 0.717) is 13.0 Å². The Morgan fingerprint density at radius 1 is 1.35 bits per heavy atom. The van der Waals surface area contributed by atoms with E-state index in [1.54, 1.807) is 17.4 Å². The molecule has 1 fully saturated rings. The lowest BCUT2D eigenvalue weighted by molar-refractivity contribution is -0.143. The summed E-state index contributed by atoms with van der Waals surface area (Å²) < 4.78 is 1.90. The van der Waals surface area contributed by atoms with Gasteiger partial charge in [0.2, 0.25) is 0 Å². The molecule has 1 aliphatic heterocycles. The SMILES string of the molecule is CC1CC(C(=O)O)CN(C(=O)NC(C)c2cccc(-n3ccnc3)c2)C1. The number of likely N-dealkylation sites (tertiary alicyclic amines) is 1. The number of aliphatic carboxylic acids is 1. The molecule has 7 heteroatoms. The van der Waals surface area contributed by atoms with Gasteiger partial charge in [0.25, 0.3) is 0 Å². The largest absolute Gasteiger partial charge is 0.481 e. The van der Waals surface area contributed by atoms with Crippen molar-refractivity contribution in [2.45, 2.75) is 26.3 Å². The van der Waals surface area contributed by atoms with Crippen LogP contribution >= 0.6 is 0 Å². The van der Waals surface area contributed by atoms with Gasteiger partial charge in [0, 0.05) is 31.2 Å². The lowest BCUT2D eigenvalue weighted by Crippen LogP contribution is -2.49. The summed E-state index contributed by atoms with van der Waals surface area (Å²) in [5, 5.41) is 12.3. The van der Waals surface area contributed by atoms with Crippen LogP contribution in [-0.2, 0) is 4.79 Å². The number of urea groups is 1. The van der Waals surface area contributed by atoms with E-state index in [0.717, 1.165) is 11.3 Å². The molecule has 1 aromatic carbocycles. The maximum Gasteiger partial charge on any atom is 0.317 e. The van der Waals surface area contributed by atoms with Crippen molar-refractivity contribution in [2.75, 3.05) is 13.1 Å². The molecule has 2 N–H and O–H groups in total. The van der Waals surface area contributed by atoms with Crippen LogP contribution in [0.1, 0.15) is 31.9 Å². The summed E-state index contributed by atoms with van der Waals surface area (Å²) in [5.41, 5.74) is 1.95. The molecule has 3 atom stereocenters. The van der Waals surface area contributed by atoms with E-state index in [2.05, 4.69) is 10.3 Å². The van der Waals surface area contributed by atoms with Crippen molar-refractivity contribution >= 4 is 12.0 Å². The van der Waals surface area contributed by atoms with Crippen LogP contribution in [0.5, 0.6) is 0 Å². The number of hydrogen-bond donors (Lipinski definition) is 2. The fourth-order valence-electron chi connectivity index (χ4n) is 3.42. The second kappa shape index (κ2) is 7.59. The van der Waals surface area contributed by atoms with Gasteiger partial charge in [-0.2, -0.15) is 0 Å². The second-order valence-corrected chi connectivity index (χ2v) is 7.02. The number of carbonyl (C=O) groups is 2. The third-order valence-electron chi connectivity index (χ3n) is 4.81. The molecule has 138 valence electrons. The molecule has 1 aromatic heterocycles. The van der Waals surface area contributed by atoms with E-state index in [9.17, 15) is 14.7 Å². The van der Waals surface area contributed by atoms with E-state index in [4.69, 9.17) is 0 Å². The number of rotatable bonds is 4. The minimum absolute atomic E-state index is 0.176. The third kappa shape index (κ3) is 4.04. The summed E-state index contributed by atoms with van der Waals surface area (Å²) in [6, 6.07) is 7.48. The highest BCUT2D eigenvalue weighted by Crippen LogP contribution is 2.23. The molecule has 7 nitrogen and oxygen atoms in total. The third-order valence-corrected chi connectivity index (χ3v) is 4.81. The van der Waals surface area contributed by atoms with Crippen LogP contribution in [-0.4, -0.2) is 44.6 Å². The Bertz CT molecular complexity index is 775. The summed E-state index contributed by atoms with van der Waals surface area (Å²) in [4.78, 5) is 29.6. The zero-order valence-electron chi connectivity index (χ0n) is 15.0. The van der Waals surface area contributed by atoms with Crippen LogP contribution in [0.15, 0.2) is 43.0 Å². The van der Waals surface area contributed by atoms with Gasteiger partial charge in [0.1, 0.15) is 0 Å². The minimum atomic E-state index is -0.838. The minimum Gasteiger partial charge on any atom is -0.481 e. The first-order valence-electron chi connectivity index (χ1n) is 8.80. The molecule has 2 aromatic rings. The molecule has 1 aliphatic rings. The molecule has 2 heterocycles. The van der Waals surface area contributed by atoms with Crippen molar-refractivity contribution in [3.05, 3.63) is 48.5 Å². The van der Waals surface area contributed by atoms with Gasteiger partial charge in [-0.3, -0.25) is 4.79 Å². The first-order valence-corrected chi connectivity index (χ1v) is 8.80. The molecule has 1 saturated heterocycles. The van der Waals surface area contributed by atoms with Gasteiger partial charge in [-0.15, -0.1) is 0 Å². The lowest BCUT2D eigenvalue weighted by Gasteiger charge is -2.35.